The summed E-state index contributed by atoms with van der Waals surface area (Å²) in [6.07, 6.45) is 2.97. The zero-order chi connectivity index (χ0) is 13.7. The van der Waals surface area contributed by atoms with Crippen LogP contribution in [0.5, 0.6) is 0 Å². The molecular weight excluding hydrogens is 266 g/mol. The Morgan fingerprint density at radius 3 is 2.79 bits per heavy atom. The van der Waals surface area contributed by atoms with E-state index >= 15 is 0 Å². The molecule has 1 fully saturated rings. The van der Waals surface area contributed by atoms with Gasteiger partial charge in [0.1, 0.15) is 17.3 Å². The summed E-state index contributed by atoms with van der Waals surface area (Å²) in [5.41, 5.74) is 0. The van der Waals surface area contributed by atoms with Gasteiger partial charge in [-0.1, -0.05) is 0 Å². The lowest BCUT2D eigenvalue weighted by molar-refractivity contribution is 0.199. The van der Waals surface area contributed by atoms with Gasteiger partial charge in [-0.15, -0.1) is 0 Å². The highest BCUT2D eigenvalue weighted by molar-refractivity contribution is 7.90. The Kier molecular flexibility index (Phi) is 5.01. The molecular formula is C13H21NO4S. The van der Waals surface area contributed by atoms with Crippen molar-refractivity contribution < 1.29 is 17.6 Å². The molecule has 0 atom stereocenters. The number of ether oxygens (including phenoxy) is 1. The summed E-state index contributed by atoms with van der Waals surface area (Å²) in [6.45, 7) is 1.14. The van der Waals surface area contributed by atoms with E-state index in [1.54, 1.807) is 13.2 Å². The van der Waals surface area contributed by atoms with E-state index in [-0.39, 0.29) is 11.5 Å². The third-order valence-electron chi connectivity index (χ3n) is 3.03. The summed E-state index contributed by atoms with van der Waals surface area (Å²) in [7, 11) is -1.54. The molecule has 0 amide bonds. The van der Waals surface area contributed by atoms with E-state index in [1.165, 1.54) is 12.8 Å². The molecule has 108 valence electrons. The molecule has 19 heavy (non-hydrogen) atoms. The van der Waals surface area contributed by atoms with Crippen molar-refractivity contribution in [3.8, 4) is 0 Å². The van der Waals surface area contributed by atoms with Crippen LogP contribution in [0.4, 0.5) is 0 Å². The summed E-state index contributed by atoms with van der Waals surface area (Å²) in [5, 5.41) is 3.33. The van der Waals surface area contributed by atoms with E-state index in [0.29, 0.717) is 31.4 Å². The Hall–Kier alpha value is -0.850. The normalized spacial score (nSPS) is 15.8. The molecule has 1 aliphatic carbocycles. The third kappa shape index (κ3) is 5.34. The highest BCUT2D eigenvalue weighted by Crippen LogP contribution is 2.20. The van der Waals surface area contributed by atoms with E-state index in [4.69, 9.17) is 9.15 Å². The Morgan fingerprint density at radius 1 is 1.37 bits per heavy atom. The lowest BCUT2D eigenvalue weighted by Crippen LogP contribution is -2.14. The fourth-order valence-corrected chi connectivity index (χ4v) is 3.13. The van der Waals surface area contributed by atoms with Crippen LogP contribution < -0.4 is 5.32 Å². The zero-order valence-electron chi connectivity index (χ0n) is 11.2. The Morgan fingerprint density at radius 2 is 2.11 bits per heavy atom. The van der Waals surface area contributed by atoms with Gasteiger partial charge in [0.05, 0.1) is 12.3 Å². The van der Waals surface area contributed by atoms with Crippen molar-refractivity contribution in [1.29, 1.82) is 0 Å². The summed E-state index contributed by atoms with van der Waals surface area (Å²) in [6, 6.07) is 4.21. The van der Waals surface area contributed by atoms with Crippen molar-refractivity contribution in [2.24, 2.45) is 0 Å². The fraction of sp³-hybridized carbons (Fsp3) is 0.692. The number of nitrogens with one attached hydrogen (secondary N) is 1. The van der Waals surface area contributed by atoms with Crippen LogP contribution in [0.25, 0.3) is 0 Å². The SMILES string of the molecule is COCCCS(=O)(=O)Cc1ccc(CNC2CC2)o1. The first kappa shape index (κ1) is 14.6. The first-order valence-corrected chi connectivity index (χ1v) is 8.41. The molecule has 6 heteroatoms. The molecule has 0 spiro atoms. The molecule has 1 heterocycles. The van der Waals surface area contributed by atoms with Gasteiger partial charge in [-0.2, -0.15) is 0 Å². The molecule has 1 aliphatic rings. The average Bonchev–Trinajstić information content (AvgIpc) is 3.08. The van der Waals surface area contributed by atoms with Gasteiger partial charge in [0.25, 0.3) is 0 Å². The van der Waals surface area contributed by atoms with Crippen molar-refractivity contribution in [2.45, 2.75) is 37.6 Å². The highest BCUT2D eigenvalue weighted by Gasteiger charge is 2.21. The second kappa shape index (κ2) is 6.54. The van der Waals surface area contributed by atoms with Crippen molar-refractivity contribution >= 4 is 9.84 Å². The molecule has 0 aliphatic heterocycles. The van der Waals surface area contributed by atoms with Gasteiger partial charge in [0.15, 0.2) is 9.84 Å². The second-order valence-corrected chi connectivity index (χ2v) is 7.15. The lowest BCUT2D eigenvalue weighted by Gasteiger charge is -2.02. The van der Waals surface area contributed by atoms with Gasteiger partial charge < -0.3 is 14.5 Å². The van der Waals surface area contributed by atoms with E-state index in [9.17, 15) is 8.42 Å². The summed E-state index contributed by atoms with van der Waals surface area (Å²) in [4.78, 5) is 0. The number of methoxy groups -OCH3 is 1. The van der Waals surface area contributed by atoms with Gasteiger partial charge in [-0.05, 0) is 31.4 Å². The smallest absolute Gasteiger partial charge is 0.157 e. The largest absolute Gasteiger partial charge is 0.464 e. The quantitative estimate of drug-likeness (QED) is 0.697. The maximum atomic E-state index is 11.8. The van der Waals surface area contributed by atoms with Gasteiger partial charge in [-0.25, -0.2) is 8.42 Å². The average molecular weight is 287 g/mol. The molecule has 0 unspecified atom stereocenters. The molecule has 2 rings (SSSR count). The van der Waals surface area contributed by atoms with Crippen LogP contribution in [0, 0.1) is 0 Å². The van der Waals surface area contributed by atoms with E-state index in [0.717, 1.165) is 5.76 Å². The molecule has 0 bridgehead atoms. The monoisotopic (exact) mass is 287 g/mol. The minimum atomic E-state index is -3.11. The molecule has 0 radical (unpaired) electrons. The number of rotatable bonds is 9. The predicted molar refractivity (Wildman–Crippen MR) is 72.6 cm³/mol. The fourth-order valence-electron chi connectivity index (χ4n) is 1.84. The Bertz CT molecular complexity index is 490. The third-order valence-corrected chi connectivity index (χ3v) is 4.66. The van der Waals surface area contributed by atoms with Crippen LogP contribution in [-0.2, 0) is 26.9 Å². The maximum Gasteiger partial charge on any atom is 0.157 e. The zero-order valence-corrected chi connectivity index (χ0v) is 12.0. The number of hydrogen-bond acceptors (Lipinski definition) is 5. The molecule has 1 N–H and O–H groups in total. The first-order chi connectivity index (χ1) is 9.09. The van der Waals surface area contributed by atoms with Crippen LogP contribution in [0.1, 0.15) is 30.8 Å². The first-order valence-electron chi connectivity index (χ1n) is 6.59. The predicted octanol–water partition coefficient (Wildman–Crippen LogP) is 1.48. The number of hydrogen-bond donors (Lipinski definition) is 1. The van der Waals surface area contributed by atoms with E-state index < -0.39 is 9.84 Å². The summed E-state index contributed by atoms with van der Waals surface area (Å²) in [5.74, 6) is 1.43. The minimum absolute atomic E-state index is 0.0276. The van der Waals surface area contributed by atoms with Crippen molar-refractivity contribution in [3.05, 3.63) is 23.7 Å². The lowest BCUT2D eigenvalue weighted by atomic mass is 10.4. The van der Waals surface area contributed by atoms with E-state index in [1.807, 2.05) is 6.07 Å². The molecule has 1 aromatic rings. The van der Waals surface area contributed by atoms with Gasteiger partial charge in [0.2, 0.25) is 0 Å². The van der Waals surface area contributed by atoms with Crippen LogP contribution in [0.3, 0.4) is 0 Å². The van der Waals surface area contributed by atoms with E-state index in [2.05, 4.69) is 5.32 Å². The molecule has 1 saturated carbocycles. The van der Waals surface area contributed by atoms with Crippen LogP contribution in [-0.4, -0.2) is 33.9 Å². The van der Waals surface area contributed by atoms with Crippen molar-refractivity contribution in [2.75, 3.05) is 19.5 Å². The minimum Gasteiger partial charge on any atom is -0.464 e. The van der Waals surface area contributed by atoms with Crippen LogP contribution >= 0.6 is 0 Å². The molecule has 1 aromatic heterocycles. The van der Waals surface area contributed by atoms with Crippen molar-refractivity contribution in [1.82, 2.24) is 5.32 Å². The molecule has 5 nitrogen and oxygen atoms in total. The highest BCUT2D eigenvalue weighted by atomic mass is 32.2. The Labute approximate surface area is 114 Å². The van der Waals surface area contributed by atoms with Gasteiger partial charge in [-0.3, -0.25) is 0 Å². The summed E-state index contributed by atoms with van der Waals surface area (Å²) >= 11 is 0. The van der Waals surface area contributed by atoms with Crippen LogP contribution in [0.15, 0.2) is 16.5 Å². The number of furan rings is 1. The van der Waals surface area contributed by atoms with Crippen LogP contribution in [0.2, 0.25) is 0 Å². The molecule has 0 aromatic carbocycles. The number of sulfone groups is 1. The second-order valence-electron chi connectivity index (χ2n) is 4.96. The topological polar surface area (TPSA) is 68.5 Å². The summed E-state index contributed by atoms with van der Waals surface area (Å²) < 4.78 is 34.0. The van der Waals surface area contributed by atoms with Crippen molar-refractivity contribution in [3.63, 3.8) is 0 Å². The molecule has 0 saturated heterocycles. The van der Waals surface area contributed by atoms with Gasteiger partial charge in [0, 0.05) is 19.8 Å². The Balaban J connectivity index is 1.80. The van der Waals surface area contributed by atoms with Gasteiger partial charge >= 0.3 is 0 Å². The standard InChI is InChI=1S/C13H21NO4S/c1-17-7-2-8-19(15,16)10-13-6-5-12(18-13)9-14-11-3-4-11/h5-6,11,14H,2-4,7-10H2,1H3. The maximum absolute atomic E-state index is 11.8.